The van der Waals surface area contributed by atoms with Gasteiger partial charge in [-0.15, -0.1) is 0 Å². The van der Waals surface area contributed by atoms with Crippen molar-refractivity contribution < 1.29 is 4.79 Å². The second-order valence-electron chi connectivity index (χ2n) is 7.85. The van der Waals surface area contributed by atoms with E-state index >= 15 is 0 Å². The molecule has 4 rings (SSSR count). The van der Waals surface area contributed by atoms with Gasteiger partial charge in [0.15, 0.2) is 11.3 Å². The molecule has 0 radical (unpaired) electrons. The molecule has 0 bridgehead atoms. The van der Waals surface area contributed by atoms with E-state index in [-0.39, 0.29) is 23.1 Å². The molecule has 0 unspecified atom stereocenters. The molecule has 1 aliphatic rings. The Bertz CT molecular complexity index is 1140. The maximum Gasteiger partial charge on any atom is 0.283 e. The van der Waals surface area contributed by atoms with Gasteiger partial charge in [-0.2, -0.15) is 0 Å². The standard InChI is InChI=1S/C22H24ClN5O2/c1-15(2)14-28-20-17(7-5-9-24-20)25-19(22(28)30)21(29)27-12-10-26(11-13-27)18-8-4-3-6-16(18)23/h3-9,15H,10-14H2,1-2H3. The van der Waals surface area contributed by atoms with E-state index in [0.717, 1.165) is 5.69 Å². The fourth-order valence-corrected chi connectivity index (χ4v) is 4.01. The molecule has 7 nitrogen and oxygen atoms in total. The van der Waals surface area contributed by atoms with Crippen molar-refractivity contribution in [2.45, 2.75) is 20.4 Å². The van der Waals surface area contributed by atoms with Gasteiger partial charge >= 0.3 is 0 Å². The third kappa shape index (κ3) is 3.89. The summed E-state index contributed by atoms with van der Waals surface area (Å²) in [6.45, 7) is 6.82. The van der Waals surface area contributed by atoms with Gasteiger partial charge in [-0.1, -0.05) is 37.6 Å². The third-order valence-electron chi connectivity index (χ3n) is 5.21. The van der Waals surface area contributed by atoms with Crippen LogP contribution in [0.4, 0.5) is 5.69 Å². The van der Waals surface area contributed by atoms with E-state index in [9.17, 15) is 9.59 Å². The molecule has 30 heavy (non-hydrogen) atoms. The maximum atomic E-state index is 13.2. The minimum atomic E-state index is -0.381. The van der Waals surface area contributed by atoms with Crippen molar-refractivity contribution in [1.29, 1.82) is 0 Å². The average Bonchev–Trinajstić information content (AvgIpc) is 2.75. The van der Waals surface area contributed by atoms with Gasteiger partial charge in [0.2, 0.25) is 0 Å². The van der Waals surface area contributed by atoms with Crippen molar-refractivity contribution in [1.82, 2.24) is 19.4 Å². The Balaban J connectivity index is 1.60. The van der Waals surface area contributed by atoms with Crippen LogP contribution in [-0.4, -0.2) is 51.5 Å². The molecule has 1 saturated heterocycles. The zero-order valence-electron chi connectivity index (χ0n) is 17.1. The number of pyridine rings is 1. The van der Waals surface area contributed by atoms with Crippen LogP contribution in [0.1, 0.15) is 24.3 Å². The predicted molar refractivity (Wildman–Crippen MR) is 118 cm³/mol. The van der Waals surface area contributed by atoms with Gasteiger partial charge in [-0.3, -0.25) is 14.2 Å². The van der Waals surface area contributed by atoms with E-state index < -0.39 is 0 Å². The van der Waals surface area contributed by atoms with E-state index in [1.54, 1.807) is 27.8 Å². The minimum absolute atomic E-state index is 0.0395. The number of hydrogen-bond acceptors (Lipinski definition) is 5. The number of para-hydroxylation sites is 1. The van der Waals surface area contributed by atoms with Gasteiger partial charge in [0.1, 0.15) is 5.52 Å². The summed E-state index contributed by atoms with van der Waals surface area (Å²) in [7, 11) is 0. The van der Waals surface area contributed by atoms with Crippen LogP contribution >= 0.6 is 11.6 Å². The molecule has 1 fully saturated rings. The van der Waals surface area contributed by atoms with E-state index in [1.165, 1.54) is 0 Å². The van der Waals surface area contributed by atoms with Gasteiger partial charge in [-0.05, 0) is 30.2 Å². The molecule has 2 aromatic heterocycles. The summed E-state index contributed by atoms with van der Waals surface area (Å²) in [5, 5.41) is 0.692. The van der Waals surface area contributed by atoms with Crippen molar-refractivity contribution in [3.8, 4) is 0 Å². The first kappa shape index (κ1) is 20.3. The highest BCUT2D eigenvalue weighted by molar-refractivity contribution is 6.33. The number of halogens is 1. The zero-order valence-corrected chi connectivity index (χ0v) is 17.8. The molecule has 1 aliphatic heterocycles. The molecule has 0 aliphatic carbocycles. The monoisotopic (exact) mass is 425 g/mol. The molecule has 0 saturated carbocycles. The number of carbonyl (C=O) groups excluding carboxylic acids is 1. The molecule has 3 aromatic rings. The Morgan fingerprint density at radius 2 is 1.83 bits per heavy atom. The number of anilines is 1. The van der Waals surface area contributed by atoms with Crippen molar-refractivity contribution in [2.75, 3.05) is 31.1 Å². The molecule has 0 atom stereocenters. The molecule has 8 heteroatoms. The average molecular weight is 426 g/mol. The van der Waals surface area contributed by atoms with Gasteiger partial charge in [0.05, 0.1) is 10.7 Å². The van der Waals surface area contributed by atoms with Crippen LogP contribution in [0.15, 0.2) is 47.4 Å². The SMILES string of the molecule is CC(C)Cn1c(=O)c(C(=O)N2CCN(c3ccccc3Cl)CC2)nc2cccnc21. The van der Waals surface area contributed by atoms with Crippen LogP contribution in [0.2, 0.25) is 5.02 Å². The van der Waals surface area contributed by atoms with Gasteiger partial charge in [-0.25, -0.2) is 9.97 Å². The minimum Gasteiger partial charge on any atom is -0.367 e. The zero-order chi connectivity index (χ0) is 21.3. The number of nitrogens with zero attached hydrogens (tertiary/aromatic N) is 5. The van der Waals surface area contributed by atoms with Crippen LogP contribution in [0.3, 0.4) is 0 Å². The van der Waals surface area contributed by atoms with Crippen molar-refractivity contribution in [2.24, 2.45) is 5.92 Å². The highest BCUT2D eigenvalue weighted by Gasteiger charge is 2.27. The molecule has 3 heterocycles. The van der Waals surface area contributed by atoms with Crippen LogP contribution < -0.4 is 10.5 Å². The van der Waals surface area contributed by atoms with E-state index in [2.05, 4.69) is 14.9 Å². The fraction of sp³-hybridized carbons (Fsp3) is 0.364. The van der Waals surface area contributed by atoms with Crippen LogP contribution in [0.5, 0.6) is 0 Å². The Kier molecular flexibility index (Phi) is 5.72. The number of hydrogen-bond donors (Lipinski definition) is 0. The lowest BCUT2D eigenvalue weighted by Crippen LogP contribution is -2.50. The lowest BCUT2D eigenvalue weighted by atomic mass is 10.2. The normalized spacial score (nSPS) is 14.5. The summed E-state index contributed by atoms with van der Waals surface area (Å²) in [6.07, 6.45) is 1.63. The van der Waals surface area contributed by atoms with E-state index in [4.69, 9.17) is 11.6 Å². The van der Waals surface area contributed by atoms with Gasteiger partial charge in [0, 0.05) is 38.9 Å². The number of rotatable bonds is 4. The van der Waals surface area contributed by atoms with Crippen LogP contribution in [-0.2, 0) is 6.54 Å². The van der Waals surface area contributed by atoms with Gasteiger partial charge in [0.25, 0.3) is 11.5 Å². The molecule has 0 spiro atoms. The Labute approximate surface area is 179 Å². The molecule has 0 N–H and O–H groups in total. The third-order valence-corrected chi connectivity index (χ3v) is 5.53. The van der Waals surface area contributed by atoms with Gasteiger partial charge < -0.3 is 9.80 Å². The first-order valence-corrected chi connectivity index (χ1v) is 10.5. The lowest BCUT2D eigenvalue weighted by Gasteiger charge is -2.36. The van der Waals surface area contributed by atoms with Crippen LogP contribution in [0.25, 0.3) is 11.2 Å². The second kappa shape index (κ2) is 8.44. The van der Waals surface area contributed by atoms with Crippen LogP contribution in [0, 0.1) is 5.92 Å². The maximum absolute atomic E-state index is 13.2. The number of aromatic nitrogens is 3. The summed E-state index contributed by atoms with van der Waals surface area (Å²) >= 11 is 6.31. The first-order valence-electron chi connectivity index (χ1n) is 10.1. The molecule has 156 valence electrons. The first-order chi connectivity index (χ1) is 14.5. The Morgan fingerprint density at radius 3 is 2.53 bits per heavy atom. The quantitative estimate of drug-likeness (QED) is 0.642. The molecular weight excluding hydrogens is 402 g/mol. The summed E-state index contributed by atoms with van der Waals surface area (Å²) in [6, 6.07) is 11.2. The summed E-state index contributed by atoms with van der Waals surface area (Å²) in [5.74, 6) is -0.0977. The van der Waals surface area contributed by atoms with Crippen molar-refractivity contribution in [3.63, 3.8) is 0 Å². The van der Waals surface area contributed by atoms with E-state index in [0.29, 0.717) is 48.9 Å². The highest BCUT2D eigenvalue weighted by atomic mass is 35.5. The summed E-state index contributed by atoms with van der Waals surface area (Å²) in [4.78, 5) is 38.9. The Morgan fingerprint density at radius 1 is 1.10 bits per heavy atom. The smallest absolute Gasteiger partial charge is 0.283 e. The molecule has 1 aromatic carbocycles. The fourth-order valence-electron chi connectivity index (χ4n) is 3.76. The number of carbonyl (C=O) groups is 1. The van der Waals surface area contributed by atoms with Crippen molar-refractivity contribution in [3.05, 3.63) is 63.7 Å². The largest absolute Gasteiger partial charge is 0.367 e. The highest BCUT2D eigenvalue weighted by Crippen LogP contribution is 2.26. The molecular formula is C22H24ClN5O2. The number of piperazine rings is 1. The number of fused-ring (bicyclic) bond motifs is 1. The summed E-state index contributed by atoms with van der Waals surface area (Å²) < 4.78 is 1.57. The van der Waals surface area contributed by atoms with E-state index in [1.807, 2.05) is 38.1 Å². The lowest BCUT2D eigenvalue weighted by molar-refractivity contribution is 0.0738. The number of benzene rings is 1. The second-order valence-corrected chi connectivity index (χ2v) is 8.25. The number of amides is 1. The predicted octanol–water partition coefficient (Wildman–Crippen LogP) is 3.06. The summed E-state index contributed by atoms with van der Waals surface area (Å²) in [5.41, 5.74) is 1.60. The topological polar surface area (TPSA) is 71.3 Å². The Hall–Kier alpha value is -2.93. The molecule has 1 amide bonds. The van der Waals surface area contributed by atoms with Crippen molar-refractivity contribution >= 4 is 34.4 Å².